The summed E-state index contributed by atoms with van der Waals surface area (Å²) in [5.74, 6) is -27.3. The molecule has 0 saturated carbocycles. The molecule has 2 aliphatic heterocycles. The molecule has 132 heavy (non-hydrogen) atoms. The van der Waals surface area contributed by atoms with Gasteiger partial charge in [-0.25, -0.2) is 0 Å². The second-order valence-electron chi connectivity index (χ2n) is 31.0. The number of aliphatic carboxylic acids is 3. The molecule has 54 heteroatoms. The highest BCUT2D eigenvalue weighted by atomic mass is 32.2. The van der Waals surface area contributed by atoms with E-state index >= 15 is 9.59 Å². The maximum atomic E-state index is 15.2. The maximum Gasteiger partial charge on any atom is 0.322 e. The molecule has 0 fully saturated rings. The van der Waals surface area contributed by atoms with Gasteiger partial charge in [0, 0.05) is 67.0 Å². The van der Waals surface area contributed by atoms with Crippen LogP contribution in [0.15, 0.2) is 42.5 Å². The second kappa shape index (κ2) is 57.2. The van der Waals surface area contributed by atoms with E-state index in [0.29, 0.717) is 16.7 Å². The van der Waals surface area contributed by atoms with Gasteiger partial charge in [-0.05, 0) is 106 Å². The zero-order valence-corrected chi connectivity index (χ0v) is 75.5. The molecule has 4 rings (SSSR count). The number of aliphatic hydroxyl groups excluding tert-OH is 2. The minimum atomic E-state index is -2.18. The first-order chi connectivity index (χ1) is 62.3. The molecule has 0 unspecified atom stereocenters. The first kappa shape index (κ1) is 111. The number of aliphatic hydroxyl groups is 2. The lowest BCUT2D eigenvalue weighted by molar-refractivity contribution is -0.142. The molecular formula is C78H120N26O25S3. The number of phenols is 1. The van der Waals surface area contributed by atoms with E-state index in [4.69, 9.17) is 39.2 Å². The number of nitrogens with two attached hydrogens (primary N) is 4. The molecule has 2 aromatic rings. The van der Waals surface area contributed by atoms with Gasteiger partial charge in [-0.2, -0.15) is 35.3 Å². The molecule has 15 atom stereocenters. The average molecular weight is 1920 g/mol. The van der Waals surface area contributed by atoms with Gasteiger partial charge in [0.15, 0.2) is 17.9 Å². The molecule has 730 valence electrons. The van der Waals surface area contributed by atoms with Gasteiger partial charge in [-0.3, -0.25) is 107 Å². The van der Waals surface area contributed by atoms with Crippen LogP contribution in [-0.4, -0.2) is 315 Å². The molecular weight excluding hydrogens is 1800 g/mol. The lowest BCUT2D eigenvalue weighted by Gasteiger charge is -2.29. The van der Waals surface area contributed by atoms with Crippen molar-refractivity contribution in [2.45, 2.75) is 207 Å². The van der Waals surface area contributed by atoms with Crippen molar-refractivity contribution >= 4 is 166 Å². The van der Waals surface area contributed by atoms with Gasteiger partial charge in [0.05, 0.1) is 32.2 Å². The number of carboxylic acids is 3. The van der Waals surface area contributed by atoms with E-state index in [1.807, 2.05) is 0 Å². The fourth-order valence-corrected chi connectivity index (χ4v) is 15.4. The number of guanidine groups is 3. The van der Waals surface area contributed by atoms with Gasteiger partial charge in [0.1, 0.15) is 96.9 Å². The van der Waals surface area contributed by atoms with Crippen LogP contribution in [0.4, 0.5) is 0 Å². The Labute approximate surface area is 770 Å². The lowest BCUT2D eigenvalue weighted by atomic mass is 10.0. The first-order valence-corrected chi connectivity index (χ1v) is 45.0. The van der Waals surface area contributed by atoms with Crippen molar-refractivity contribution in [2.24, 2.45) is 28.9 Å². The highest BCUT2D eigenvalue weighted by Crippen LogP contribution is 2.25. The summed E-state index contributed by atoms with van der Waals surface area (Å²) in [4.78, 5) is 267. The third-order valence-electron chi connectivity index (χ3n) is 19.5. The minimum Gasteiger partial charge on any atom is -0.508 e. The number of hydrogen-bond acceptors (Lipinski definition) is 29. The SMILES string of the molecule is CC(C)[C@@H]1NC(=O)[C@H](CCC(=O)O)NC(=O)[C@H](Cc2ccc(O)cc2)NC(=O)[C@H](CCCNC(=N)N)NC(=O)[C@H](CO)NC(=O)[C@@H](NC(=O)[C@H](C)N)CSCc2cc3cc(c2)CSC[C@H](NC(=O)[C@H](CC(=O)O)NC1=O)C(=O)N[C@@H](CCCNC(=N)N)C(=O)NCC(=O)N[C@@H](CCCNC(=N)N)C(=O)N[C@@H](C)C(=O)N[C@@H](CO)C(=O)N[C@@H](C)C(=O)N[C@H](C(=O)NCC(=O)O)CSC3. The van der Waals surface area contributed by atoms with Crippen LogP contribution in [0.25, 0.3) is 0 Å². The Kier molecular flexibility index (Phi) is 48.2. The molecule has 2 aromatic carbocycles. The molecule has 0 radical (unpaired) electrons. The number of carbonyl (C=O) groups excluding carboxylic acids is 16. The van der Waals surface area contributed by atoms with Gasteiger partial charge >= 0.3 is 17.9 Å². The average Bonchev–Trinajstić information content (AvgIpc) is 0.912. The summed E-state index contributed by atoms with van der Waals surface area (Å²) in [6.45, 7) is 1.95. The van der Waals surface area contributed by atoms with E-state index in [0.717, 1.165) is 49.1 Å². The standard InChI is InChI=1S/C78H120N26O25S3/c1-36(2)60-75(129)98-50(25-58(111)112)70(124)103-55-35-132-32-43-22-41(21-42(23-43)31-131-34-54(101-61(115)37(3)79)74(128)100-52(29-106)72(126)95-47(11-8-20-88-78(84)85)67(121)97-49(24-40-12-14-44(107)15-13-40)69(123)96-48(68(122)104-60)16-17-57(109)110)30-130-33-53(65(119)90-27-59(113)114)102-63(117)39(5)92-71(125)51(28-105)99-62(116)38(4)91-66(120)46(10-7-19-87-77(82)83)93-56(108)26-89-64(118)45(94-73(55)127)9-6-18-86-76(80)81/h12-15,21-23,36-39,45-55,60,105-107H,6-11,16-20,24-35,79H2,1-5H3,(H,89,118)(H,90,119)(H,91,120)(H,92,125)(H,93,108)(H,94,127)(H,95,126)(H,96,123)(H,97,121)(H,98,129)(H,99,116)(H,100,128)(H,101,115)(H,102,117)(H,103,124)(H,104,122)(H,109,110)(H,111,112)(H,113,114)(H4,80,81,86)(H4,82,83,87)(H4,84,85,88)/t37-,38-,39-,45-,46-,47-,48-,49-,50-,51-,52-,53-,54-,55-,60-/m0/s1. The van der Waals surface area contributed by atoms with Crippen molar-refractivity contribution < 1.29 is 122 Å². The Hall–Kier alpha value is -13.1. The molecule has 2 aliphatic rings. The summed E-state index contributed by atoms with van der Waals surface area (Å²) in [6.07, 6.45) is -4.41. The first-order valence-electron chi connectivity index (χ1n) is 41.6. The van der Waals surface area contributed by atoms with E-state index in [2.05, 4.69) is 101 Å². The molecule has 0 aliphatic carbocycles. The smallest absolute Gasteiger partial charge is 0.322 e. The Morgan fingerprint density at radius 2 is 0.871 bits per heavy atom. The Balaban J connectivity index is 2.08. The number of rotatable bonds is 27. The molecule has 2 heterocycles. The van der Waals surface area contributed by atoms with Crippen LogP contribution >= 0.6 is 35.3 Å². The van der Waals surface area contributed by atoms with Crippen molar-refractivity contribution in [2.75, 3.05) is 63.2 Å². The maximum absolute atomic E-state index is 15.2. The Morgan fingerprint density at radius 3 is 1.36 bits per heavy atom. The van der Waals surface area contributed by atoms with E-state index in [1.54, 1.807) is 18.2 Å². The summed E-state index contributed by atoms with van der Waals surface area (Å²) < 4.78 is 0. The topological polar surface area (TPSA) is 850 Å². The number of fused-ring (bicyclic) bond motifs is 5. The van der Waals surface area contributed by atoms with Gasteiger partial charge in [0.25, 0.3) is 0 Å². The summed E-state index contributed by atoms with van der Waals surface area (Å²) in [7, 11) is 0. The molecule has 0 spiro atoms. The highest BCUT2D eigenvalue weighted by molar-refractivity contribution is 7.99. The lowest BCUT2D eigenvalue weighted by Crippen LogP contribution is -2.62. The summed E-state index contributed by atoms with van der Waals surface area (Å²) in [5, 5.41) is 130. The number of hydrogen-bond donors (Lipinski definition) is 32. The monoisotopic (exact) mass is 1920 g/mol. The predicted octanol–water partition coefficient (Wildman–Crippen LogP) is -10.4. The van der Waals surface area contributed by atoms with Crippen LogP contribution in [0.3, 0.4) is 0 Å². The van der Waals surface area contributed by atoms with Gasteiger partial charge < -0.3 is 155 Å². The number of carbonyl (C=O) groups is 19. The Bertz CT molecular complexity index is 4440. The number of benzene rings is 2. The van der Waals surface area contributed by atoms with Gasteiger partial charge in [-0.15, -0.1) is 0 Å². The third-order valence-corrected chi connectivity index (χ3v) is 22.8. The summed E-state index contributed by atoms with van der Waals surface area (Å²) in [5.41, 5.74) is 24.0. The van der Waals surface area contributed by atoms with Gasteiger partial charge in [-0.1, -0.05) is 44.2 Å². The van der Waals surface area contributed by atoms with Crippen LogP contribution in [0, 0.1) is 22.1 Å². The van der Waals surface area contributed by atoms with Crippen LogP contribution in [0.5, 0.6) is 5.75 Å². The normalized spacial score (nSPS) is 24.0. The zero-order valence-electron chi connectivity index (χ0n) is 73.0. The highest BCUT2D eigenvalue weighted by Gasteiger charge is 2.39. The summed E-state index contributed by atoms with van der Waals surface area (Å²) >= 11 is 2.88. The van der Waals surface area contributed by atoms with E-state index in [9.17, 15) is 112 Å². The van der Waals surface area contributed by atoms with Crippen molar-refractivity contribution in [3.05, 3.63) is 64.7 Å². The second-order valence-corrected chi connectivity index (χ2v) is 34.0. The molecule has 4 bridgehead atoms. The third kappa shape index (κ3) is 41.3. The number of aromatic hydroxyl groups is 1. The summed E-state index contributed by atoms with van der Waals surface area (Å²) in [6, 6.07) is -15.9. The van der Waals surface area contributed by atoms with Crippen molar-refractivity contribution in [3.63, 3.8) is 0 Å². The van der Waals surface area contributed by atoms with Crippen molar-refractivity contribution in [1.82, 2.24) is 101 Å². The number of carboxylic acid groups (broad SMARTS) is 3. The van der Waals surface area contributed by atoms with Crippen LogP contribution in [0.1, 0.15) is 115 Å². The fraction of sp³-hybridized carbons (Fsp3) is 0.564. The largest absolute Gasteiger partial charge is 0.508 e. The Morgan fingerprint density at radius 1 is 0.455 bits per heavy atom. The minimum absolute atomic E-state index is 0.00529. The fourth-order valence-electron chi connectivity index (χ4n) is 12.5. The van der Waals surface area contributed by atoms with Crippen molar-refractivity contribution in [3.8, 4) is 5.75 Å². The molecule has 51 nitrogen and oxygen atoms in total. The van der Waals surface area contributed by atoms with Crippen LogP contribution < -0.4 is 124 Å². The quantitative estimate of drug-likeness (QED) is 0.0224. The zero-order chi connectivity index (χ0) is 98.6. The molecule has 16 amide bonds. The van der Waals surface area contributed by atoms with E-state index in [-0.39, 0.29) is 98.2 Å². The number of phenolic OH excluding ortho intramolecular Hbond substituents is 1. The molecule has 36 N–H and O–H groups in total. The number of amides is 16. The number of thioether (sulfide) groups is 3. The van der Waals surface area contributed by atoms with E-state index < -0.39 is 285 Å². The number of nitrogens with one attached hydrogen (secondary N) is 22. The van der Waals surface area contributed by atoms with Crippen LogP contribution in [-0.2, 0) is 115 Å². The predicted molar refractivity (Wildman–Crippen MR) is 478 cm³/mol. The van der Waals surface area contributed by atoms with Crippen molar-refractivity contribution in [1.29, 1.82) is 16.2 Å². The molecule has 0 saturated heterocycles. The van der Waals surface area contributed by atoms with Gasteiger partial charge in [0.2, 0.25) is 94.5 Å². The molecule has 0 aromatic heterocycles. The van der Waals surface area contributed by atoms with Crippen LogP contribution in [0.2, 0.25) is 0 Å². The van der Waals surface area contributed by atoms with E-state index in [1.165, 1.54) is 45.0 Å².